The van der Waals surface area contributed by atoms with Crippen LogP contribution in [0.1, 0.15) is 23.7 Å². The second kappa shape index (κ2) is 10.4. The monoisotopic (exact) mass is 387 g/mol. The Balaban J connectivity index is 1.86. The van der Waals surface area contributed by atoms with Gasteiger partial charge in [0.2, 0.25) is 0 Å². The van der Waals surface area contributed by atoms with Crippen LogP contribution < -0.4 is 10.1 Å². The van der Waals surface area contributed by atoms with Crippen LogP contribution >= 0.6 is 11.8 Å². The first-order valence-corrected chi connectivity index (χ1v) is 9.36. The number of amides is 1. The Kier molecular flexibility index (Phi) is 7.88. The second-order valence-corrected chi connectivity index (χ2v) is 6.57. The lowest BCUT2D eigenvalue weighted by molar-refractivity contribution is -0.145. The number of carbonyl (C=O) groups is 3. The molecule has 0 aromatic heterocycles. The summed E-state index contributed by atoms with van der Waals surface area (Å²) < 4.78 is 9.87. The van der Waals surface area contributed by atoms with E-state index in [2.05, 4.69) is 5.32 Å². The lowest BCUT2D eigenvalue weighted by Gasteiger charge is -2.08. The van der Waals surface area contributed by atoms with Crippen LogP contribution in [-0.4, -0.2) is 37.1 Å². The van der Waals surface area contributed by atoms with Crippen molar-refractivity contribution in [2.75, 3.05) is 24.8 Å². The Labute approximate surface area is 162 Å². The van der Waals surface area contributed by atoms with Crippen molar-refractivity contribution in [2.24, 2.45) is 0 Å². The smallest absolute Gasteiger partial charge is 0.313 e. The minimum atomic E-state index is -0.501. The van der Waals surface area contributed by atoms with Crippen molar-refractivity contribution >= 4 is 35.1 Å². The Bertz CT molecular complexity index is 804. The fourth-order valence-electron chi connectivity index (χ4n) is 2.19. The summed E-state index contributed by atoms with van der Waals surface area (Å²) in [5.41, 5.74) is 1.14. The Morgan fingerprint density at radius 1 is 1.07 bits per heavy atom. The van der Waals surface area contributed by atoms with E-state index in [-0.39, 0.29) is 30.5 Å². The SMILES string of the molecule is CCOC(=O)CC(=O)CSc1ccc(NC(=O)c2cccc(OC)c2)cc1. The number of methoxy groups -OCH3 is 1. The molecule has 0 atom stereocenters. The molecule has 2 aromatic rings. The van der Waals surface area contributed by atoms with Crippen LogP contribution in [0, 0.1) is 0 Å². The van der Waals surface area contributed by atoms with E-state index in [1.807, 2.05) is 12.1 Å². The molecule has 2 rings (SSSR count). The first-order valence-electron chi connectivity index (χ1n) is 8.37. The normalized spacial score (nSPS) is 10.1. The number of esters is 1. The molecule has 1 amide bonds. The first kappa shape index (κ1) is 20.5. The maximum atomic E-state index is 12.3. The average molecular weight is 387 g/mol. The standard InChI is InChI=1S/C20H21NO5S/c1-3-26-19(23)12-16(22)13-27-18-9-7-15(8-10-18)21-20(24)14-5-4-6-17(11-14)25-2/h4-11H,3,12-13H2,1-2H3,(H,21,24). The zero-order valence-corrected chi connectivity index (χ0v) is 16.0. The summed E-state index contributed by atoms with van der Waals surface area (Å²) in [5.74, 6) is -0.123. The predicted octanol–water partition coefficient (Wildman–Crippen LogP) is 3.56. The fraction of sp³-hybridized carbons (Fsp3) is 0.250. The molecule has 0 aliphatic carbocycles. The summed E-state index contributed by atoms with van der Waals surface area (Å²) in [6.07, 6.45) is -0.213. The second-order valence-electron chi connectivity index (χ2n) is 5.52. The summed E-state index contributed by atoms with van der Waals surface area (Å²) in [7, 11) is 1.55. The van der Waals surface area contributed by atoms with Gasteiger partial charge in [0, 0.05) is 16.1 Å². The van der Waals surface area contributed by atoms with Crippen LogP contribution in [0.15, 0.2) is 53.4 Å². The van der Waals surface area contributed by atoms with Crippen molar-refractivity contribution in [2.45, 2.75) is 18.2 Å². The lowest BCUT2D eigenvalue weighted by atomic mass is 10.2. The molecule has 0 fully saturated rings. The molecule has 142 valence electrons. The van der Waals surface area contributed by atoms with Gasteiger partial charge in [-0.25, -0.2) is 0 Å². The summed E-state index contributed by atoms with van der Waals surface area (Å²) in [4.78, 5) is 36.1. The van der Waals surface area contributed by atoms with Crippen LogP contribution in [0.5, 0.6) is 5.75 Å². The topological polar surface area (TPSA) is 81.7 Å². The molecule has 1 N–H and O–H groups in total. The molecule has 0 saturated heterocycles. The van der Waals surface area contributed by atoms with E-state index in [1.165, 1.54) is 11.8 Å². The van der Waals surface area contributed by atoms with Crippen LogP contribution in [0.3, 0.4) is 0 Å². The van der Waals surface area contributed by atoms with E-state index in [4.69, 9.17) is 9.47 Å². The molecule has 6 nitrogen and oxygen atoms in total. The quantitative estimate of drug-likeness (QED) is 0.402. The lowest BCUT2D eigenvalue weighted by Crippen LogP contribution is -2.12. The molecular weight excluding hydrogens is 366 g/mol. The number of anilines is 1. The minimum Gasteiger partial charge on any atom is -0.497 e. The number of carbonyl (C=O) groups excluding carboxylic acids is 3. The molecule has 0 heterocycles. The van der Waals surface area contributed by atoms with Gasteiger partial charge in [-0.3, -0.25) is 14.4 Å². The van der Waals surface area contributed by atoms with E-state index in [0.29, 0.717) is 17.0 Å². The van der Waals surface area contributed by atoms with E-state index < -0.39 is 5.97 Å². The van der Waals surface area contributed by atoms with Gasteiger partial charge >= 0.3 is 5.97 Å². The molecule has 7 heteroatoms. The van der Waals surface area contributed by atoms with Crippen LogP contribution in [0.25, 0.3) is 0 Å². The van der Waals surface area contributed by atoms with Crippen LogP contribution in [0.4, 0.5) is 5.69 Å². The van der Waals surface area contributed by atoms with Crippen molar-refractivity contribution in [1.29, 1.82) is 0 Å². The van der Waals surface area contributed by atoms with Gasteiger partial charge in [0.15, 0.2) is 5.78 Å². The molecule has 0 aliphatic rings. The summed E-state index contributed by atoms with van der Waals surface area (Å²) >= 11 is 1.33. The van der Waals surface area contributed by atoms with Crippen LogP contribution in [0.2, 0.25) is 0 Å². The van der Waals surface area contributed by atoms with E-state index >= 15 is 0 Å². The van der Waals surface area contributed by atoms with Crippen molar-refractivity contribution in [3.8, 4) is 5.75 Å². The number of thioether (sulfide) groups is 1. The Hall–Kier alpha value is -2.80. The van der Waals surface area contributed by atoms with Gasteiger partial charge in [-0.15, -0.1) is 11.8 Å². The van der Waals surface area contributed by atoms with E-state index in [0.717, 1.165) is 4.90 Å². The maximum absolute atomic E-state index is 12.3. The van der Waals surface area contributed by atoms with Gasteiger partial charge in [0.05, 0.1) is 19.5 Å². The van der Waals surface area contributed by atoms with E-state index in [1.54, 1.807) is 50.4 Å². The first-order chi connectivity index (χ1) is 13.0. The van der Waals surface area contributed by atoms with Crippen molar-refractivity contribution in [3.05, 3.63) is 54.1 Å². The third kappa shape index (κ3) is 6.79. The number of hydrogen-bond acceptors (Lipinski definition) is 6. The zero-order chi connectivity index (χ0) is 19.6. The van der Waals surface area contributed by atoms with Gasteiger partial charge in [-0.05, 0) is 49.4 Å². The van der Waals surface area contributed by atoms with Gasteiger partial charge in [0.1, 0.15) is 12.2 Å². The number of benzene rings is 2. The number of ketones is 1. The van der Waals surface area contributed by atoms with Crippen LogP contribution in [-0.2, 0) is 14.3 Å². The number of nitrogens with one attached hydrogen (secondary N) is 1. The average Bonchev–Trinajstić information content (AvgIpc) is 2.67. The highest BCUT2D eigenvalue weighted by Crippen LogP contribution is 2.21. The summed E-state index contributed by atoms with van der Waals surface area (Å²) in [5, 5.41) is 2.81. The van der Waals surface area contributed by atoms with Gasteiger partial charge < -0.3 is 14.8 Å². The minimum absolute atomic E-state index is 0.186. The fourth-order valence-corrected chi connectivity index (χ4v) is 2.95. The summed E-state index contributed by atoms with van der Waals surface area (Å²) in [6, 6.07) is 14.0. The number of hydrogen-bond donors (Lipinski definition) is 1. The molecule has 0 spiro atoms. The summed E-state index contributed by atoms with van der Waals surface area (Å²) in [6.45, 7) is 1.97. The van der Waals surface area contributed by atoms with Crippen molar-refractivity contribution in [1.82, 2.24) is 0 Å². The molecule has 0 bridgehead atoms. The Morgan fingerprint density at radius 2 is 1.81 bits per heavy atom. The third-order valence-electron chi connectivity index (χ3n) is 3.49. The van der Waals surface area contributed by atoms with Gasteiger partial charge in [0.25, 0.3) is 5.91 Å². The van der Waals surface area contributed by atoms with Crippen molar-refractivity contribution in [3.63, 3.8) is 0 Å². The number of rotatable bonds is 9. The highest BCUT2D eigenvalue weighted by Gasteiger charge is 2.11. The van der Waals surface area contributed by atoms with E-state index in [9.17, 15) is 14.4 Å². The maximum Gasteiger partial charge on any atom is 0.313 e. The molecule has 0 aliphatic heterocycles. The molecule has 2 aromatic carbocycles. The molecule has 0 unspecified atom stereocenters. The Morgan fingerprint density at radius 3 is 2.48 bits per heavy atom. The van der Waals surface area contributed by atoms with Crippen molar-refractivity contribution < 1.29 is 23.9 Å². The molecule has 0 saturated carbocycles. The molecule has 0 radical (unpaired) electrons. The molecular formula is C20H21NO5S. The highest BCUT2D eigenvalue weighted by molar-refractivity contribution is 8.00. The van der Waals surface area contributed by atoms with Gasteiger partial charge in [-0.1, -0.05) is 6.07 Å². The largest absolute Gasteiger partial charge is 0.497 e. The number of Topliss-reactive ketones (excluding diaryl/α,β-unsaturated/α-hetero) is 1. The third-order valence-corrected chi connectivity index (χ3v) is 4.56. The van der Waals surface area contributed by atoms with Gasteiger partial charge in [-0.2, -0.15) is 0 Å². The number of ether oxygens (including phenoxy) is 2. The molecule has 27 heavy (non-hydrogen) atoms. The highest BCUT2D eigenvalue weighted by atomic mass is 32.2. The predicted molar refractivity (Wildman–Crippen MR) is 104 cm³/mol. The zero-order valence-electron chi connectivity index (χ0n) is 15.2.